The van der Waals surface area contributed by atoms with E-state index in [-0.39, 0.29) is 27.4 Å². The van der Waals surface area contributed by atoms with Crippen LogP contribution in [0, 0.1) is 6.92 Å². The Labute approximate surface area is 202 Å². The van der Waals surface area contributed by atoms with Crippen LogP contribution in [0.1, 0.15) is 36.2 Å². The first kappa shape index (κ1) is 25.5. The second-order valence-corrected chi connectivity index (χ2v) is 10.8. The summed E-state index contributed by atoms with van der Waals surface area (Å²) in [4.78, 5) is 17.4. The number of benzene rings is 2. The number of sulfonamides is 1. The van der Waals surface area contributed by atoms with Gasteiger partial charge in [0, 0.05) is 44.5 Å². The molecule has 0 aliphatic carbocycles. The van der Waals surface area contributed by atoms with Crippen molar-refractivity contribution in [3.05, 3.63) is 58.6 Å². The number of carbonyl (C=O) groups is 1. The molecule has 0 radical (unpaired) electrons. The van der Waals surface area contributed by atoms with E-state index in [0.29, 0.717) is 6.54 Å². The Morgan fingerprint density at radius 3 is 2.48 bits per heavy atom. The van der Waals surface area contributed by atoms with E-state index in [0.717, 1.165) is 39.1 Å². The molecule has 2 aromatic rings. The number of halogens is 1. The van der Waals surface area contributed by atoms with E-state index in [2.05, 4.69) is 51.0 Å². The lowest BCUT2D eigenvalue weighted by Crippen LogP contribution is -2.47. The van der Waals surface area contributed by atoms with Crippen LogP contribution in [-0.2, 0) is 10.0 Å². The fourth-order valence-corrected chi connectivity index (χ4v) is 5.36. The summed E-state index contributed by atoms with van der Waals surface area (Å²) in [5.41, 5.74) is 2.70. The number of piperazine rings is 1. The van der Waals surface area contributed by atoms with Gasteiger partial charge in [0.25, 0.3) is 5.91 Å². The average Bonchev–Trinajstić information content (AvgIpc) is 2.76. The molecule has 1 fully saturated rings. The molecule has 1 amide bonds. The van der Waals surface area contributed by atoms with Gasteiger partial charge in [-0.2, -0.15) is 0 Å². The van der Waals surface area contributed by atoms with Crippen molar-refractivity contribution in [2.24, 2.45) is 0 Å². The standard InChI is InChI=1S/C24H33ClN4O3S/c1-18(2)27-33(31,32)21-8-9-23(25)22(17-21)24(30)26-10-5-11-28-12-14-29(15-13-28)20-7-4-6-19(3)16-20/h4,6-9,16-18,27H,5,10-15H2,1-3H3,(H,26,30). The van der Waals surface area contributed by atoms with E-state index in [1.54, 1.807) is 13.8 Å². The van der Waals surface area contributed by atoms with Crippen molar-refractivity contribution in [2.45, 2.75) is 38.1 Å². The Balaban J connectivity index is 1.46. The predicted octanol–water partition coefficient (Wildman–Crippen LogP) is 3.28. The van der Waals surface area contributed by atoms with Crippen molar-refractivity contribution < 1.29 is 13.2 Å². The van der Waals surface area contributed by atoms with Crippen LogP contribution in [0.4, 0.5) is 5.69 Å². The number of aryl methyl sites for hydroxylation is 1. The number of amides is 1. The summed E-state index contributed by atoms with van der Waals surface area (Å²) in [5, 5.41) is 3.09. The maximum Gasteiger partial charge on any atom is 0.252 e. The molecule has 1 aliphatic rings. The Kier molecular flexibility index (Phi) is 8.75. The molecule has 2 aromatic carbocycles. The molecule has 0 unspecified atom stereocenters. The van der Waals surface area contributed by atoms with Crippen LogP contribution in [0.15, 0.2) is 47.4 Å². The van der Waals surface area contributed by atoms with Gasteiger partial charge in [-0.1, -0.05) is 23.7 Å². The lowest BCUT2D eigenvalue weighted by atomic mass is 10.2. The highest BCUT2D eigenvalue weighted by molar-refractivity contribution is 7.89. The van der Waals surface area contributed by atoms with Crippen LogP contribution in [0.2, 0.25) is 5.02 Å². The molecule has 0 bridgehead atoms. The van der Waals surface area contributed by atoms with E-state index < -0.39 is 10.0 Å². The van der Waals surface area contributed by atoms with E-state index in [9.17, 15) is 13.2 Å². The van der Waals surface area contributed by atoms with Crippen molar-refractivity contribution in [1.29, 1.82) is 0 Å². The number of hydrogen-bond acceptors (Lipinski definition) is 5. The van der Waals surface area contributed by atoms with Gasteiger partial charge in [-0.05, 0) is 69.6 Å². The third-order valence-electron chi connectivity index (χ3n) is 5.56. The van der Waals surface area contributed by atoms with E-state index in [1.807, 2.05) is 0 Å². The van der Waals surface area contributed by atoms with Crippen molar-refractivity contribution in [3.63, 3.8) is 0 Å². The number of anilines is 1. The molecule has 1 saturated heterocycles. The summed E-state index contributed by atoms with van der Waals surface area (Å²) in [6.45, 7) is 10.9. The number of nitrogens with one attached hydrogen (secondary N) is 2. The van der Waals surface area contributed by atoms with Gasteiger partial charge in [0.1, 0.15) is 0 Å². The average molecular weight is 493 g/mol. The Morgan fingerprint density at radius 1 is 1.09 bits per heavy atom. The first-order chi connectivity index (χ1) is 15.7. The fourth-order valence-electron chi connectivity index (χ4n) is 3.88. The fraction of sp³-hybridized carbons (Fsp3) is 0.458. The second kappa shape index (κ2) is 11.3. The molecule has 180 valence electrons. The van der Waals surface area contributed by atoms with Crippen LogP contribution in [0.25, 0.3) is 0 Å². The van der Waals surface area contributed by atoms with Crippen molar-refractivity contribution in [2.75, 3.05) is 44.2 Å². The first-order valence-corrected chi connectivity index (χ1v) is 13.2. The zero-order valence-corrected chi connectivity index (χ0v) is 21.0. The summed E-state index contributed by atoms with van der Waals surface area (Å²) < 4.78 is 27.3. The lowest BCUT2D eigenvalue weighted by Gasteiger charge is -2.36. The van der Waals surface area contributed by atoms with Crippen molar-refractivity contribution in [1.82, 2.24) is 14.9 Å². The van der Waals surface area contributed by atoms with Crippen LogP contribution in [0.3, 0.4) is 0 Å². The minimum atomic E-state index is -3.70. The van der Waals surface area contributed by atoms with E-state index in [4.69, 9.17) is 11.6 Å². The molecule has 3 rings (SSSR count). The van der Waals surface area contributed by atoms with Crippen LogP contribution in [0.5, 0.6) is 0 Å². The van der Waals surface area contributed by atoms with Gasteiger partial charge in [-0.3, -0.25) is 9.69 Å². The lowest BCUT2D eigenvalue weighted by molar-refractivity contribution is 0.0951. The minimum absolute atomic E-state index is 0.0252. The van der Waals surface area contributed by atoms with Gasteiger partial charge >= 0.3 is 0 Å². The SMILES string of the molecule is Cc1cccc(N2CCN(CCCNC(=O)c3cc(S(=O)(=O)NC(C)C)ccc3Cl)CC2)c1. The molecule has 1 heterocycles. The maximum absolute atomic E-state index is 12.6. The maximum atomic E-state index is 12.6. The van der Waals surface area contributed by atoms with Gasteiger partial charge < -0.3 is 10.2 Å². The minimum Gasteiger partial charge on any atom is -0.369 e. The summed E-state index contributed by atoms with van der Waals surface area (Å²) >= 11 is 6.17. The van der Waals surface area contributed by atoms with Gasteiger partial charge in [0.15, 0.2) is 0 Å². The molecule has 9 heteroatoms. The Bertz CT molecular complexity index is 1070. The van der Waals surface area contributed by atoms with Gasteiger partial charge in [0.2, 0.25) is 10.0 Å². The molecule has 1 aliphatic heterocycles. The summed E-state index contributed by atoms with van der Waals surface area (Å²) in [5.74, 6) is -0.370. The highest BCUT2D eigenvalue weighted by Gasteiger charge is 2.20. The Morgan fingerprint density at radius 2 is 1.82 bits per heavy atom. The molecule has 0 spiro atoms. The highest BCUT2D eigenvalue weighted by Crippen LogP contribution is 2.21. The molecule has 0 aromatic heterocycles. The zero-order valence-electron chi connectivity index (χ0n) is 19.5. The number of hydrogen-bond donors (Lipinski definition) is 2. The number of carbonyl (C=O) groups excluding carboxylic acids is 1. The van der Waals surface area contributed by atoms with Gasteiger partial charge in [0.05, 0.1) is 15.5 Å². The first-order valence-electron chi connectivity index (χ1n) is 11.3. The smallest absolute Gasteiger partial charge is 0.252 e. The normalized spacial score (nSPS) is 15.1. The summed E-state index contributed by atoms with van der Waals surface area (Å²) in [7, 11) is -3.70. The topological polar surface area (TPSA) is 81.8 Å². The quantitative estimate of drug-likeness (QED) is 0.525. The van der Waals surface area contributed by atoms with E-state index in [1.165, 1.54) is 29.4 Å². The molecule has 0 saturated carbocycles. The van der Waals surface area contributed by atoms with Crippen LogP contribution < -0.4 is 14.9 Å². The van der Waals surface area contributed by atoms with Crippen molar-refractivity contribution >= 4 is 33.2 Å². The van der Waals surface area contributed by atoms with Crippen LogP contribution >= 0.6 is 11.6 Å². The van der Waals surface area contributed by atoms with Gasteiger partial charge in [-0.15, -0.1) is 0 Å². The molecule has 33 heavy (non-hydrogen) atoms. The third kappa shape index (κ3) is 7.17. The van der Waals surface area contributed by atoms with E-state index >= 15 is 0 Å². The van der Waals surface area contributed by atoms with Crippen molar-refractivity contribution in [3.8, 4) is 0 Å². The predicted molar refractivity (Wildman–Crippen MR) is 134 cm³/mol. The second-order valence-electron chi connectivity index (χ2n) is 8.69. The highest BCUT2D eigenvalue weighted by atomic mass is 35.5. The molecule has 7 nitrogen and oxygen atoms in total. The molecular formula is C24H33ClN4O3S. The molecular weight excluding hydrogens is 460 g/mol. The number of rotatable bonds is 9. The largest absolute Gasteiger partial charge is 0.369 e. The zero-order chi connectivity index (χ0) is 24.0. The summed E-state index contributed by atoms with van der Waals surface area (Å²) in [6.07, 6.45) is 0.806. The van der Waals surface area contributed by atoms with Gasteiger partial charge in [-0.25, -0.2) is 13.1 Å². The Hall–Kier alpha value is -2.13. The monoisotopic (exact) mass is 492 g/mol. The molecule has 2 N–H and O–H groups in total. The summed E-state index contributed by atoms with van der Waals surface area (Å²) in [6, 6.07) is 12.5. The number of nitrogens with zero attached hydrogens (tertiary/aromatic N) is 2. The third-order valence-corrected chi connectivity index (χ3v) is 7.55. The van der Waals surface area contributed by atoms with Crippen LogP contribution in [-0.4, -0.2) is 64.5 Å². The molecule has 0 atom stereocenters.